The minimum Gasteiger partial charge on any atom is -0.466 e. The van der Waals surface area contributed by atoms with Gasteiger partial charge in [0.05, 0.1) is 6.61 Å². The second kappa shape index (κ2) is 8.40. The van der Waals surface area contributed by atoms with Crippen molar-refractivity contribution in [2.75, 3.05) is 18.1 Å². The molecule has 0 aliphatic heterocycles. The molecule has 4 N–H and O–H groups in total. The van der Waals surface area contributed by atoms with Crippen LogP contribution in [0.4, 0.5) is 11.4 Å². The lowest BCUT2D eigenvalue weighted by atomic mass is 10.1. The van der Waals surface area contributed by atoms with E-state index < -0.39 is 0 Å². The maximum absolute atomic E-state index is 11.4. The van der Waals surface area contributed by atoms with Gasteiger partial charge >= 0.3 is 5.97 Å². The predicted octanol–water partition coefficient (Wildman–Crippen LogP) is 2.91. The Kier molecular flexibility index (Phi) is 6.79. The number of nitrogen functional groups attached to an aromatic ring is 2. The van der Waals surface area contributed by atoms with E-state index in [-0.39, 0.29) is 5.97 Å². The van der Waals surface area contributed by atoms with Gasteiger partial charge in [0, 0.05) is 17.8 Å². The fourth-order valence-corrected chi connectivity index (χ4v) is 1.94. The van der Waals surface area contributed by atoms with E-state index in [9.17, 15) is 4.79 Å². The summed E-state index contributed by atoms with van der Waals surface area (Å²) in [4.78, 5) is 11.4. The molecule has 0 saturated heterocycles. The number of aryl methyl sites for hydroxylation is 1. The van der Waals surface area contributed by atoms with Crippen molar-refractivity contribution in [3.63, 3.8) is 0 Å². The second-order valence-corrected chi connectivity index (χ2v) is 4.79. The van der Waals surface area contributed by atoms with Gasteiger partial charge < -0.3 is 16.2 Å². The summed E-state index contributed by atoms with van der Waals surface area (Å²) < 4.78 is 5.17. The smallest absolute Gasteiger partial charge is 0.305 e. The first-order valence-electron chi connectivity index (χ1n) is 6.92. The Bertz CT molecular complexity index is 385. The number of hydrogen-bond donors (Lipinski definition) is 2. The van der Waals surface area contributed by atoms with Crippen molar-refractivity contribution in [3.8, 4) is 0 Å². The minimum absolute atomic E-state index is 0.0967. The summed E-state index contributed by atoms with van der Waals surface area (Å²) in [6.45, 7) is 2.57. The maximum atomic E-state index is 11.4. The van der Waals surface area contributed by atoms with E-state index in [1.807, 2.05) is 12.1 Å². The number of carbonyl (C=O) groups excluding carboxylic acids is 1. The molecule has 0 amide bonds. The Morgan fingerprint density at radius 1 is 1.11 bits per heavy atom. The molecule has 0 bridgehead atoms. The summed E-state index contributed by atoms with van der Waals surface area (Å²) in [6.07, 6.45) is 5.25. The number of anilines is 2. The fraction of sp³-hybridized carbons (Fsp3) is 0.533. The number of hydrogen-bond acceptors (Lipinski definition) is 4. The third-order valence-electron chi connectivity index (χ3n) is 2.89. The van der Waals surface area contributed by atoms with E-state index in [4.69, 9.17) is 16.2 Å². The van der Waals surface area contributed by atoms with Gasteiger partial charge in [-0.2, -0.15) is 0 Å². The van der Waals surface area contributed by atoms with E-state index >= 15 is 0 Å². The predicted molar refractivity (Wildman–Crippen MR) is 78.7 cm³/mol. The van der Waals surface area contributed by atoms with Crippen molar-refractivity contribution < 1.29 is 9.53 Å². The molecule has 0 unspecified atom stereocenters. The highest BCUT2D eigenvalue weighted by Crippen LogP contribution is 2.15. The normalized spacial score (nSPS) is 10.4. The number of ether oxygens (including phenoxy) is 1. The summed E-state index contributed by atoms with van der Waals surface area (Å²) in [5.74, 6) is -0.0967. The van der Waals surface area contributed by atoms with Gasteiger partial charge in [-0.25, -0.2) is 0 Å². The van der Waals surface area contributed by atoms with Crippen molar-refractivity contribution in [1.82, 2.24) is 0 Å². The molecule has 0 spiro atoms. The van der Waals surface area contributed by atoms with Crippen LogP contribution in [0.5, 0.6) is 0 Å². The highest BCUT2D eigenvalue weighted by molar-refractivity contribution is 5.69. The fourth-order valence-electron chi connectivity index (χ4n) is 1.94. The second-order valence-electron chi connectivity index (χ2n) is 4.79. The molecule has 4 heteroatoms. The van der Waals surface area contributed by atoms with E-state index in [0.717, 1.165) is 37.7 Å². The first-order valence-corrected chi connectivity index (χ1v) is 6.92. The van der Waals surface area contributed by atoms with E-state index in [1.165, 1.54) is 0 Å². The molecule has 0 radical (unpaired) electrons. The molecule has 1 aromatic carbocycles. The van der Waals surface area contributed by atoms with E-state index in [1.54, 1.807) is 6.07 Å². The molecule has 0 aliphatic carbocycles. The molecule has 0 aliphatic rings. The average molecular weight is 264 g/mol. The van der Waals surface area contributed by atoms with Crippen LogP contribution in [0.1, 0.15) is 44.6 Å². The molecular weight excluding hydrogens is 240 g/mol. The van der Waals surface area contributed by atoms with Gasteiger partial charge in [0.1, 0.15) is 0 Å². The van der Waals surface area contributed by atoms with Crippen LogP contribution in [0.3, 0.4) is 0 Å². The van der Waals surface area contributed by atoms with Crippen LogP contribution in [0.15, 0.2) is 18.2 Å². The van der Waals surface area contributed by atoms with Gasteiger partial charge in [-0.3, -0.25) is 4.79 Å². The first kappa shape index (κ1) is 15.3. The SMILES string of the molecule is CCCCCC(=O)OCCCc1cc(N)cc(N)c1. The Morgan fingerprint density at radius 2 is 1.79 bits per heavy atom. The average Bonchev–Trinajstić information content (AvgIpc) is 2.34. The Balaban J connectivity index is 2.18. The monoisotopic (exact) mass is 264 g/mol. The molecular formula is C15H24N2O2. The third-order valence-corrected chi connectivity index (χ3v) is 2.89. The highest BCUT2D eigenvalue weighted by atomic mass is 16.5. The number of rotatable bonds is 8. The molecule has 4 nitrogen and oxygen atoms in total. The van der Waals surface area contributed by atoms with Crippen LogP contribution in [0.2, 0.25) is 0 Å². The lowest BCUT2D eigenvalue weighted by Crippen LogP contribution is -2.06. The van der Waals surface area contributed by atoms with Crippen LogP contribution >= 0.6 is 0 Å². The lowest BCUT2D eigenvalue weighted by Gasteiger charge is -2.06. The summed E-state index contributed by atoms with van der Waals surface area (Å²) in [5.41, 5.74) is 13.9. The molecule has 0 atom stereocenters. The van der Waals surface area contributed by atoms with Gasteiger partial charge in [0.15, 0.2) is 0 Å². The van der Waals surface area contributed by atoms with Gasteiger partial charge in [0.25, 0.3) is 0 Å². The summed E-state index contributed by atoms with van der Waals surface area (Å²) in [5, 5.41) is 0. The first-order chi connectivity index (χ1) is 9.11. The van der Waals surface area contributed by atoms with Crippen molar-refractivity contribution in [2.24, 2.45) is 0 Å². The van der Waals surface area contributed by atoms with Crippen LogP contribution in [0, 0.1) is 0 Å². The van der Waals surface area contributed by atoms with Crippen molar-refractivity contribution in [1.29, 1.82) is 0 Å². The van der Waals surface area contributed by atoms with Crippen LogP contribution in [-0.2, 0) is 16.0 Å². The lowest BCUT2D eigenvalue weighted by molar-refractivity contribution is -0.143. The van der Waals surface area contributed by atoms with Crippen LogP contribution < -0.4 is 11.5 Å². The molecule has 1 aromatic rings. The number of unbranched alkanes of at least 4 members (excludes halogenated alkanes) is 2. The van der Waals surface area contributed by atoms with Gasteiger partial charge in [-0.1, -0.05) is 19.8 Å². The molecule has 19 heavy (non-hydrogen) atoms. The van der Waals surface area contributed by atoms with Crippen LogP contribution in [-0.4, -0.2) is 12.6 Å². The zero-order valence-electron chi connectivity index (χ0n) is 11.7. The Labute approximate surface area is 115 Å². The molecule has 0 aromatic heterocycles. The number of nitrogens with two attached hydrogens (primary N) is 2. The molecule has 1 rings (SSSR count). The quantitative estimate of drug-likeness (QED) is 0.430. The summed E-state index contributed by atoms with van der Waals surface area (Å²) in [6, 6.07) is 5.54. The summed E-state index contributed by atoms with van der Waals surface area (Å²) >= 11 is 0. The van der Waals surface area contributed by atoms with Crippen molar-refractivity contribution in [3.05, 3.63) is 23.8 Å². The van der Waals surface area contributed by atoms with E-state index in [2.05, 4.69) is 6.92 Å². The summed E-state index contributed by atoms with van der Waals surface area (Å²) in [7, 11) is 0. The maximum Gasteiger partial charge on any atom is 0.305 e. The standard InChI is InChI=1S/C15H24N2O2/c1-2-3-4-7-15(18)19-8-5-6-12-9-13(16)11-14(17)10-12/h9-11H,2-8,16-17H2,1H3. The Morgan fingerprint density at radius 3 is 2.42 bits per heavy atom. The van der Waals surface area contributed by atoms with Crippen molar-refractivity contribution in [2.45, 2.75) is 45.4 Å². The molecule has 106 valence electrons. The Hall–Kier alpha value is -1.71. The topological polar surface area (TPSA) is 78.3 Å². The molecule has 0 saturated carbocycles. The number of benzene rings is 1. The largest absolute Gasteiger partial charge is 0.466 e. The number of carbonyl (C=O) groups is 1. The van der Waals surface area contributed by atoms with Crippen molar-refractivity contribution >= 4 is 17.3 Å². The van der Waals surface area contributed by atoms with Gasteiger partial charge in [0.2, 0.25) is 0 Å². The number of esters is 1. The van der Waals surface area contributed by atoms with E-state index in [0.29, 0.717) is 24.4 Å². The van der Waals surface area contributed by atoms with Gasteiger partial charge in [-0.05, 0) is 43.0 Å². The highest BCUT2D eigenvalue weighted by Gasteiger charge is 2.02. The zero-order chi connectivity index (χ0) is 14.1. The molecule has 0 fully saturated rings. The zero-order valence-corrected chi connectivity index (χ0v) is 11.7. The third kappa shape index (κ3) is 6.70. The minimum atomic E-state index is -0.0967. The van der Waals surface area contributed by atoms with Gasteiger partial charge in [-0.15, -0.1) is 0 Å². The molecule has 0 heterocycles. The van der Waals surface area contributed by atoms with Crippen LogP contribution in [0.25, 0.3) is 0 Å².